The molecule has 0 N–H and O–H groups in total. The summed E-state index contributed by atoms with van der Waals surface area (Å²) in [6, 6.07) is 58.0. The van der Waals surface area contributed by atoms with Gasteiger partial charge in [-0.05, 0) is 0 Å². The summed E-state index contributed by atoms with van der Waals surface area (Å²) in [5, 5.41) is 10.9. The second-order valence-electron chi connectivity index (χ2n) is 12.5. The second kappa shape index (κ2) is 10.8. The van der Waals surface area contributed by atoms with Gasteiger partial charge in [-0.25, -0.2) is 0 Å². The number of rotatable bonds is 3. The Morgan fingerprint density at radius 2 is 0.750 bits per heavy atom. The second-order valence-corrected chi connectivity index (χ2v) is 14.7. The van der Waals surface area contributed by atoms with E-state index in [0.717, 1.165) is 16.3 Å². The van der Waals surface area contributed by atoms with Gasteiger partial charge in [-0.15, -0.1) is 0 Å². The van der Waals surface area contributed by atoms with Crippen LogP contribution in [0.4, 0.5) is 4.39 Å². The van der Waals surface area contributed by atoms with Crippen LogP contribution in [0.5, 0.6) is 0 Å². The van der Waals surface area contributed by atoms with Crippen molar-refractivity contribution in [1.29, 1.82) is 0 Å². The summed E-state index contributed by atoms with van der Waals surface area (Å²) in [5.74, 6) is -0.147. The maximum atomic E-state index is 15.9. The van der Waals surface area contributed by atoms with Crippen molar-refractivity contribution < 1.29 is 4.39 Å². The molecule has 224 valence electrons. The summed E-state index contributed by atoms with van der Waals surface area (Å²) in [5.41, 5.74) is 7.39. The van der Waals surface area contributed by atoms with E-state index in [1.165, 1.54) is 68.7 Å². The standard InChI is InChI=1S/C46H27FSe/c47-45-35-22-10-8-20-33(35)43(34-21-9-11-23-36(34)45)38-25-12-26-39-44-37(24-13-27-40(44)48-46(38)39)42-31-18-6-4-16-29(31)41(28-14-2-1-3-15-28)30-17-5-7-19-32(30)42/h1-27H. The van der Waals surface area contributed by atoms with E-state index in [-0.39, 0.29) is 20.3 Å². The average molecular weight is 678 g/mol. The third kappa shape index (κ3) is 3.94. The molecule has 0 aliphatic rings. The van der Waals surface area contributed by atoms with Crippen LogP contribution in [0.1, 0.15) is 0 Å². The molecule has 0 saturated heterocycles. The van der Waals surface area contributed by atoms with Gasteiger partial charge in [-0.2, -0.15) is 0 Å². The fraction of sp³-hybridized carbons (Fsp3) is 0. The molecule has 0 saturated carbocycles. The Kier molecular flexibility index (Phi) is 6.18. The number of hydrogen-bond acceptors (Lipinski definition) is 0. The molecule has 10 aromatic rings. The van der Waals surface area contributed by atoms with Crippen LogP contribution < -0.4 is 0 Å². The van der Waals surface area contributed by atoms with Crippen LogP contribution in [0.2, 0.25) is 0 Å². The van der Waals surface area contributed by atoms with E-state index in [0.29, 0.717) is 10.8 Å². The van der Waals surface area contributed by atoms with E-state index in [2.05, 4.69) is 127 Å². The zero-order chi connectivity index (χ0) is 31.8. The fourth-order valence-electron chi connectivity index (χ4n) is 7.95. The first kappa shape index (κ1) is 27.6. The first-order chi connectivity index (χ1) is 23.8. The summed E-state index contributed by atoms with van der Waals surface area (Å²) in [4.78, 5) is 0. The van der Waals surface area contributed by atoms with Gasteiger partial charge in [0.05, 0.1) is 0 Å². The number of benzene rings is 9. The molecule has 1 aromatic heterocycles. The Morgan fingerprint density at radius 1 is 0.333 bits per heavy atom. The normalized spacial score (nSPS) is 11.9. The first-order valence-corrected chi connectivity index (χ1v) is 18.0. The molecule has 0 unspecified atom stereocenters. The summed E-state index contributed by atoms with van der Waals surface area (Å²) in [6.07, 6.45) is 0. The molecule has 0 aliphatic heterocycles. The van der Waals surface area contributed by atoms with E-state index in [4.69, 9.17) is 0 Å². The summed E-state index contributed by atoms with van der Waals surface area (Å²) in [6.45, 7) is 0. The predicted octanol–water partition coefficient (Wildman–Crippen LogP) is 12.8. The summed E-state index contributed by atoms with van der Waals surface area (Å²) in [7, 11) is 0. The van der Waals surface area contributed by atoms with Gasteiger partial charge < -0.3 is 0 Å². The molecular weight excluding hydrogens is 650 g/mol. The van der Waals surface area contributed by atoms with Gasteiger partial charge in [0.1, 0.15) is 0 Å². The van der Waals surface area contributed by atoms with Crippen molar-refractivity contribution in [3.63, 3.8) is 0 Å². The van der Waals surface area contributed by atoms with Crippen LogP contribution in [0.15, 0.2) is 164 Å². The van der Waals surface area contributed by atoms with Crippen molar-refractivity contribution in [1.82, 2.24) is 0 Å². The van der Waals surface area contributed by atoms with Crippen LogP contribution in [0.3, 0.4) is 0 Å². The summed E-state index contributed by atoms with van der Waals surface area (Å²) < 4.78 is 18.6. The molecule has 2 heteroatoms. The fourth-order valence-corrected chi connectivity index (χ4v) is 10.6. The van der Waals surface area contributed by atoms with Crippen LogP contribution >= 0.6 is 0 Å². The monoisotopic (exact) mass is 678 g/mol. The molecule has 1 heterocycles. The SMILES string of the molecule is Fc1c2ccccc2c(-c2cccc3c2[se]c2cccc(-c4c5ccccc5c(-c5ccccc5)c5ccccc45)c23)c2ccccc12. The van der Waals surface area contributed by atoms with Gasteiger partial charge in [0.2, 0.25) is 0 Å². The van der Waals surface area contributed by atoms with Crippen molar-refractivity contribution in [3.05, 3.63) is 170 Å². The molecule has 9 aromatic carbocycles. The number of hydrogen-bond donors (Lipinski definition) is 0. The van der Waals surface area contributed by atoms with E-state index in [1.54, 1.807) is 0 Å². The van der Waals surface area contributed by atoms with E-state index >= 15 is 4.39 Å². The van der Waals surface area contributed by atoms with Gasteiger partial charge in [-0.1, -0.05) is 0 Å². The van der Waals surface area contributed by atoms with Gasteiger partial charge in [0.15, 0.2) is 0 Å². The van der Waals surface area contributed by atoms with Crippen LogP contribution in [-0.4, -0.2) is 14.5 Å². The zero-order valence-electron chi connectivity index (χ0n) is 25.9. The molecular formula is C46H27FSe. The molecule has 10 rings (SSSR count). The van der Waals surface area contributed by atoms with Crippen molar-refractivity contribution in [3.8, 4) is 33.4 Å². The number of halogens is 1. The van der Waals surface area contributed by atoms with Gasteiger partial charge in [0, 0.05) is 0 Å². The molecule has 0 amide bonds. The Morgan fingerprint density at radius 3 is 1.33 bits per heavy atom. The molecule has 0 nitrogen and oxygen atoms in total. The van der Waals surface area contributed by atoms with Crippen molar-refractivity contribution in [2.24, 2.45) is 0 Å². The van der Waals surface area contributed by atoms with Crippen LogP contribution in [-0.2, 0) is 0 Å². The van der Waals surface area contributed by atoms with Crippen molar-refractivity contribution in [2.75, 3.05) is 0 Å². The van der Waals surface area contributed by atoms with Crippen LogP contribution in [0.25, 0.3) is 95.8 Å². The Labute approximate surface area is 283 Å². The Balaban J connectivity index is 1.33. The molecule has 0 fully saturated rings. The van der Waals surface area contributed by atoms with Crippen LogP contribution in [0, 0.1) is 5.82 Å². The summed E-state index contributed by atoms with van der Waals surface area (Å²) >= 11 is 0.0729. The van der Waals surface area contributed by atoms with E-state index in [1.807, 2.05) is 36.4 Å². The quantitative estimate of drug-likeness (QED) is 0.129. The minimum absolute atomic E-state index is 0.0729. The predicted molar refractivity (Wildman–Crippen MR) is 205 cm³/mol. The maximum absolute atomic E-state index is 15.9. The minimum atomic E-state index is -0.147. The third-order valence-corrected chi connectivity index (χ3v) is 12.4. The molecule has 0 radical (unpaired) electrons. The Hall–Kier alpha value is -5.53. The third-order valence-electron chi connectivity index (χ3n) is 9.92. The van der Waals surface area contributed by atoms with Crippen molar-refractivity contribution in [2.45, 2.75) is 0 Å². The topological polar surface area (TPSA) is 0 Å². The number of fused-ring (bicyclic) bond motifs is 7. The van der Waals surface area contributed by atoms with Crippen molar-refractivity contribution >= 4 is 76.9 Å². The average Bonchev–Trinajstić information content (AvgIpc) is 3.54. The zero-order valence-corrected chi connectivity index (χ0v) is 27.6. The van der Waals surface area contributed by atoms with Gasteiger partial charge >= 0.3 is 284 Å². The molecule has 0 spiro atoms. The molecule has 48 heavy (non-hydrogen) atoms. The molecule has 0 aliphatic carbocycles. The Bertz CT molecular complexity index is 2780. The van der Waals surface area contributed by atoms with E-state index in [9.17, 15) is 0 Å². The first-order valence-electron chi connectivity index (χ1n) is 16.3. The van der Waals surface area contributed by atoms with Gasteiger partial charge in [-0.3, -0.25) is 0 Å². The molecule has 0 atom stereocenters. The van der Waals surface area contributed by atoms with E-state index < -0.39 is 0 Å². The van der Waals surface area contributed by atoms with Gasteiger partial charge in [0.25, 0.3) is 0 Å². The molecule has 0 bridgehead atoms.